The monoisotopic (exact) mass is 374 g/mol. The zero-order chi connectivity index (χ0) is 15.7. The zero-order valence-electron chi connectivity index (χ0n) is 13.7. The lowest BCUT2D eigenvalue weighted by atomic mass is 9.96. The number of amides is 2. The highest BCUT2D eigenvalue weighted by Gasteiger charge is 2.49. The van der Waals surface area contributed by atoms with Crippen LogP contribution in [0, 0.1) is 12.8 Å². The summed E-state index contributed by atoms with van der Waals surface area (Å²) in [5.74, 6) is 0.286. The SMILES string of the molecule is Cc1ccc(NC(=O)C2CCCN(C(=O)C3(N)CC3)C2)nc1.Cl.Cl. The van der Waals surface area contributed by atoms with Crippen molar-refractivity contribution in [3.63, 3.8) is 0 Å². The fourth-order valence-electron chi connectivity index (χ4n) is 2.81. The van der Waals surface area contributed by atoms with Gasteiger partial charge in [-0.05, 0) is 44.2 Å². The zero-order valence-corrected chi connectivity index (χ0v) is 15.3. The van der Waals surface area contributed by atoms with Crippen molar-refractivity contribution in [2.24, 2.45) is 11.7 Å². The molecule has 3 N–H and O–H groups in total. The summed E-state index contributed by atoms with van der Waals surface area (Å²) in [7, 11) is 0. The van der Waals surface area contributed by atoms with Gasteiger partial charge in [0.25, 0.3) is 0 Å². The molecule has 1 saturated heterocycles. The minimum Gasteiger partial charge on any atom is -0.340 e. The lowest BCUT2D eigenvalue weighted by Crippen LogP contribution is -2.51. The number of nitrogens with two attached hydrogens (primary N) is 1. The van der Waals surface area contributed by atoms with Crippen molar-refractivity contribution in [3.8, 4) is 0 Å². The normalized spacial score (nSPS) is 21.1. The van der Waals surface area contributed by atoms with Crippen molar-refractivity contribution in [1.82, 2.24) is 9.88 Å². The lowest BCUT2D eigenvalue weighted by Gasteiger charge is -2.33. The third-order valence-corrected chi connectivity index (χ3v) is 4.46. The fourth-order valence-corrected chi connectivity index (χ4v) is 2.81. The van der Waals surface area contributed by atoms with Crippen LogP contribution in [0.5, 0.6) is 0 Å². The summed E-state index contributed by atoms with van der Waals surface area (Å²) in [5.41, 5.74) is 6.37. The predicted molar refractivity (Wildman–Crippen MR) is 97.6 cm³/mol. The molecule has 1 aromatic rings. The Bertz CT molecular complexity index is 590. The van der Waals surface area contributed by atoms with E-state index in [-0.39, 0.29) is 42.5 Å². The molecular weight excluding hydrogens is 351 g/mol. The van der Waals surface area contributed by atoms with Crippen molar-refractivity contribution in [2.75, 3.05) is 18.4 Å². The molecule has 1 unspecified atom stereocenters. The summed E-state index contributed by atoms with van der Waals surface area (Å²) < 4.78 is 0. The van der Waals surface area contributed by atoms with Crippen molar-refractivity contribution in [2.45, 2.75) is 38.1 Å². The number of piperidine rings is 1. The number of carbonyl (C=O) groups excluding carboxylic acids is 2. The Morgan fingerprint density at radius 2 is 2.04 bits per heavy atom. The number of pyridine rings is 1. The molecule has 2 amide bonds. The second-order valence-electron chi connectivity index (χ2n) is 6.46. The van der Waals surface area contributed by atoms with Crippen LogP contribution >= 0.6 is 24.8 Å². The lowest BCUT2D eigenvalue weighted by molar-refractivity contribution is -0.136. The molecule has 6 nitrogen and oxygen atoms in total. The average molecular weight is 375 g/mol. The van der Waals surface area contributed by atoms with Crippen LogP contribution in [0.15, 0.2) is 18.3 Å². The molecule has 2 heterocycles. The van der Waals surface area contributed by atoms with Crippen LogP contribution in [-0.2, 0) is 9.59 Å². The van der Waals surface area contributed by atoms with E-state index >= 15 is 0 Å². The Balaban J connectivity index is 0.00000144. The maximum atomic E-state index is 12.4. The number of hydrogen-bond acceptors (Lipinski definition) is 4. The Labute approximate surface area is 154 Å². The molecule has 1 atom stereocenters. The Hall–Kier alpha value is -1.37. The van der Waals surface area contributed by atoms with Gasteiger partial charge >= 0.3 is 0 Å². The fraction of sp³-hybridized carbons (Fsp3) is 0.562. The molecule has 0 bridgehead atoms. The molecule has 134 valence electrons. The number of hydrogen-bond donors (Lipinski definition) is 2. The number of nitrogens with one attached hydrogen (secondary N) is 1. The van der Waals surface area contributed by atoms with E-state index in [0.29, 0.717) is 18.9 Å². The first-order chi connectivity index (χ1) is 10.5. The van der Waals surface area contributed by atoms with Gasteiger partial charge in [0, 0.05) is 19.3 Å². The molecule has 1 aliphatic heterocycles. The van der Waals surface area contributed by atoms with Crippen LogP contribution in [0.4, 0.5) is 5.82 Å². The number of likely N-dealkylation sites (tertiary alicyclic amines) is 1. The number of carbonyl (C=O) groups is 2. The highest BCUT2D eigenvalue weighted by Crippen LogP contribution is 2.35. The third kappa shape index (κ3) is 4.59. The molecule has 0 radical (unpaired) electrons. The summed E-state index contributed by atoms with van der Waals surface area (Å²) in [4.78, 5) is 30.6. The molecule has 24 heavy (non-hydrogen) atoms. The van der Waals surface area contributed by atoms with Crippen LogP contribution in [0.25, 0.3) is 0 Å². The summed E-state index contributed by atoms with van der Waals surface area (Å²) >= 11 is 0. The summed E-state index contributed by atoms with van der Waals surface area (Å²) in [6.45, 7) is 3.10. The van der Waals surface area contributed by atoms with Crippen molar-refractivity contribution in [1.29, 1.82) is 0 Å². The molecule has 1 saturated carbocycles. The maximum Gasteiger partial charge on any atom is 0.242 e. The number of halogens is 2. The first kappa shape index (κ1) is 20.7. The van der Waals surface area contributed by atoms with E-state index in [1.165, 1.54) is 0 Å². The van der Waals surface area contributed by atoms with Crippen LogP contribution < -0.4 is 11.1 Å². The summed E-state index contributed by atoms with van der Waals surface area (Å²) in [6, 6.07) is 3.70. The molecule has 2 fully saturated rings. The van der Waals surface area contributed by atoms with Gasteiger partial charge in [0.2, 0.25) is 11.8 Å². The Kier molecular flexibility index (Phi) is 7.01. The Morgan fingerprint density at radius 3 is 2.62 bits per heavy atom. The van der Waals surface area contributed by atoms with Crippen molar-refractivity contribution < 1.29 is 9.59 Å². The smallest absolute Gasteiger partial charge is 0.242 e. The molecular formula is C16H24Cl2N4O2. The van der Waals surface area contributed by atoms with Crippen LogP contribution in [-0.4, -0.2) is 40.3 Å². The average Bonchev–Trinajstić information content (AvgIpc) is 3.28. The number of nitrogens with zero attached hydrogens (tertiary/aromatic N) is 2. The van der Waals surface area contributed by atoms with Crippen LogP contribution in [0.2, 0.25) is 0 Å². The molecule has 3 rings (SSSR count). The van der Waals surface area contributed by atoms with E-state index in [0.717, 1.165) is 31.2 Å². The minimum atomic E-state index is -0.656. The largest absolute Gasteiger partial charge is 0.340 e. The molecule has 2 aliphatic rings. The topological polar surface area (TPSA) is 88.3 Å². The van der Waals surface area contributed by atoms with Crippen molar-refractivity contribution in [3.05, 3.63) is 23.9 Å². The van der Waals surface area contributed by atoms with E-state index in [4.69, 9.17) is 5.73 Å². The van der Waals surface area contributed by atoms with Gasteiger partial charge in [-0.3, -0.25) is 9.59 Å². The summed E-state index contributed by atoms with van der Waals surface area (Å²) in [5, 5.41) is 2.83. The van der Waals surface area contributed by atoms with E-state index in [9.17, 15) is 9.59 Å². The van der Waals surface area contributed by atoms with Crippen LogP contribution in [0.1, 0.15) is 31.2 Å². The van der Waals surface area contributed by atoms with Gasteiger partial charge in [-0.2, -0.15) is 0 Å². The molecule has 0 aromatic carbocycles. The van der Waals surface area contributed by atoms with Crippen molar-refractivity contribution >= 4 is 42.4 Å². The third-order valence-electron chi connectivity index (χ3n) is 4.46. The van der Waals surface area contributed by atoms with Gasteiger partial charge < -0.3 is 16.0 Å². The van der Waals surface area contributed by atoms with Gasteiger partial charge in [0.05, 0.1) is 11.5 Å². The van der Waals surface area contributed by atoms with E-state index < -0.39 is 5.54 Å². The predicted octanol–water partition coefficient (Wildman–Crippen LogP) is 1.90. The van der Waals surface area contributed by atoms with Gasteiger partial charge in [0.1, 0.15) is 5.82 Å². The Morgan fingerprint density at radius 1 is 1.33 bits per heavy atom. The number of rotatable bonds is 3. The standard InChI is InChI=1S/C16H22N4O2.2ClH/c1-11-4-5-13(18-9-11)19-14(21)12-3-2-8-20(10-12)15(22)16(17)6-7-16;;/h4-5,9,12H,2-3,6-8,10,17H2,1H3,(H,18,19,21);2*1H. The molecule has 1 aliphatic carbocycles. The quantitative estimate of drug-likeness (QED) is 0.845. The summed E-state index contributed by atoms with van der Waals surface area (Å²) in [6.07, 6.45) is 4.86. The van der Waals surface area contributed by atoms with Crippen LogP contribution in [0.3, 0.4) is 0 Å². The minimum absolute atomic E-state index is 0. The van der Waals surface area contributed by atoms with Gasteiger partial charge in [-0.1, -0.05) is 6.07 Å². The second kappa shape index (κ2) is 8.14. The van der Waals surface area contributed by atoms with E-state index in [2.05, 4.69) is 10.3 Å². The maximum absolute atomic E-state index is 12.4. The molecule has 1 aromatic heterocycles. The highest BCUT2D eigenvalue weighted by atomic mass is 35.5. The van der Waals surface area contributed by atoms with E-state index in [1.54, 1.807) is 17.2 Å². The number of aromatic nitrogens is 1. The van der Waals surface area contributed by atoms with Gasteiger partial charge in [-0.15, -0.1) is 24.8 Å². The number of anilines is 1. The first-order valence-corrected chi connectivity index (χ1v) is 7.80. The van der Waals surface area contributed by atoms with Gasteiger partial charge in [-0.25, -0.2) is 4.98 Å². The number of aryl methyl sites for hydroxylation is 1. The first-order valence-electron chi connectivity index (χ1n) is 7.80. The molecule has 0 spiro atoms. The second-order valence-corrected chi connectivity index (χ2v) is 6.46. The van der Waals surface area contributed by atoms with Gasteiger partial charge in [0.15, 0.2) is 0 Å². The molecule has 8 heteroatoms. The highest BCUT2D eigenvalue weighted by molar-refractivity contribution is 5.93. The van der Waals surface area contributed by atoms with E-state index in [1.807, 2.05) is 13.0 Å².